The minimum Gasteiger partial charge on any atom is -0.463 e. The molecule has 146 valence electrons. The highest BCUT2D eigenvalue weighted by Gasteiger charge is 2.23. The van der Waals surface area contributed by atoms with Gasteiger partial charge in [-0.05, 0) is 58.2 Å². The minimum atomic E-state index is -3.48. The molecule has 2 rings (SSSR count). The molecule has 1 fully saturated rings. The van der Waals surface area contributed by atoms with E-state index in [1.165, 1.54) is 0 Å². The Balaban J connectivity index is 1.80. The van der Waals surface area contributed by atoms with E-state index in [4.69, 9.17) is 4.74 Å². The Bertz CT molecular complexity index is 686. The van der Waals surface area contributed by atoms with Crippen molar-refractivity contribution in [3.63, 3.8) is 0 Å². The lowest BCUT2D eigenvalue weighted by atomic mass is 9.98. The fourth-order valence-electron chi connectivity index (χ4n) is 3.12. The second kappa shape index (κ2) is 9.48. The van der Waals surface area contributed by atoms with Gasteiger partial charge >= 0.3 is 5.97 Å². The van der Waals surface area contributed by atoms with Gasteiger partial charge in [-0.15, -0.1) is 0 Å². The largest absolute Gasteiger partial charge is 0.463 e. The normalized spacial score (nSPS) is 18.8. The molecule has 0 amide bonds. The SMILES string of the molecule is Cc1ccc(S(=O)(=O)NCC2CCCN(CCC(=O)OC(C)C)C2)cc1. The van der Waals surface area contributed by atoms with Crippen molar-refractivity contribution in [2.24, 2.45) is 5.92 Å². The van der Waals surface area contributed by atoms with Gasteiger partial charge in [-0.2, -0.15) is 0 Å². The Morgan fingerprint density at radius 1 is 1.31 bits per heavy atom. The number of nitrogens with zero attached hydrogens (tertiary/aromatic N) is 1. The first-order chi connectivity index (χ1) is 12.3. The summed E-state index contributed by atoms with van der Waals surface area (Å²) in [5, 5.41) is 0. The van der Waals surface area contributed by atoms with E-state index in [0.717, 1.165) is 31.5 Å². The monoisotopic (exact) mass is 382 g/mol. The Morgan fingerprint density at radius 3 is 2.65 bits per heavy atom. The molecule has 1 atom stereocenters. The van der Waals surface area contributed by atoms with Gasteiger partial charge in [-0.25, -0.2) is 13.1 Å². The van der Waals surface area contributed by atoms with Gasteiger partial charge in [0.15, 0.2) is 0 Å². The standard InChI is InChI=1S/C19H30N2O4S/c1-15(2)25-19(22)10-12-21-11-4-5-17(14-21)13-20-26(23,24)18-8-6-16(3)7-9-18/h6-9,15,17,20H,4-5,10-14H2,1-3H3. The summed E-state index contributed by atoms with van der Waals surface area (Å²) >= 11 is 0. The van der Waals surface area contributed by atoms with Crippen LogP contribution < -0.4 is 4.72 Å². The minimum absolute atomic E-state index is 0.0900. The van der Waals surface area contributed by atoms with Gasteiger partial charge in [0.25, 0.3) is 0 Å². The number of carbonyl (C=O) groups is 1. The molecule has 26 heavy (non-hydrogen) atoms. The van der Waals surface area contributed by atoms with Gasteiger partial charge in [0.2, 0.25) is 10.0 Å². The summed E-state index contributed by atoms with van der Waals surface area (Å²) in [6.07, 6.45) is 2.28. The average Bonchev–Trinajstić information content (AvgIpc) is 2.58. The summed E-state index contributed by atoms with van der Waals surface area (Å²) in [7, 11) is -3.48. The van der Waals surface area contributed by atoms with Crippen molar-refractivity contribution in [2.75, 3.05) is 26.2 Å². The maximum absolute atomic E-state index is 12.4. The molecule has 0 bridgehead atoms. The molecule has 1 aliphatic heterocycles. The van der Waals surface area contributed by atoms with E-state index in [-0.39, 0.29) is 18.0 Å². The van der Waals surface area contributed by atoms with E-state index in [1.54, 1.807) is 24.3 Å². The molecular weight excluding hydrogens is 352 g/mol. The summed E-state index contributed by atoms with van der Waals surface area (Å²) in [6.45, 7) is 8.43. The van der Waals surface area contributed by atoms with Crippen molar-refractivity contribution in [3.05, 3.63) is 29.8 Å². The maximum atomic E-state index is 12.4. The van der Waals surface area contributed by atoms with Gasteiger partial charge < -0.3 is 9.64 Å². The summed E-state index contributed by atoms with van der Waals surface area (Å²) in [4.78, 5) is 14.2. The van der Waals surface area contributed by atoms with E-state index in [1.807, 2.05) is 20.8 Å². The first-order valence-electron chi connectivity index (χ1n) is 9.24. The Morgan fingerprint density at radius 2 is 2.00 bits per heavy atom. The highest BCUT2D eigenvalue weighted by Crippen LogP contribution is 2.17. The quantitative estimate of drug-likeness (QED) is 0.699. The molecule has 0 aliphatic carbocycles. The van der Waals surface area contributed by atoms with Crippen molar-refractivity contribution >= 4 is 16.0 Å². The zero-order chi connectivity index (χ0) is 19.2. The summed E-state index contributed by atoms with van der Waals surface area (Å²) < 4.78 is 32.7. The van der Waals surface area contributed by atoms with Crippen LogP contribution in [0.25, 0.3) is 0 Å². The van der Waals surface area contributed by atoms with E-state index in [0.29, 0.717) is 24.4 Å². The topological polar surface area (TPSA) is 75.7 Å². The van der Waals surface area contributed by atoms with Crippen LogP contribution in [0.4, 0.5) is 0 Å². The number of esters is 1. The third kappa shape index (κ3) is 6.70. The van der Waals surface area contributed by atoms with Crippen molar-refractivity contribution < 1.29 is 17.9 Å². The number of piperidine rings is 1. The number of hydrogen-bond donors (Lipinski definition) is 1. The van der Waals surface area contributed by atoms with Crippen LogP contribution in [-0.4, -0.2) is 51.6 Å². The lowest BCUT2D eigenvalue weighted by Crippen LogP contribution is -2.41. The average molecular weight is 383 g/mol. The number of aryl methyl sites for hydroxylation is 1. The zero-order valence-electron chi connectivity index (χ0n) is 15.9. The molecule has 1 unspecified atom stereocenters. The number of sulfonamides is 1. The number of ether oxygens (including phenoxy) is 1. The third-order valence-corrected chi connectivity index (χ3v) is 5.94. The summed E-state index contributed by atoms with van der Waals surface area (Å²) in [5.74, 6) is 0.0762. The number of nitrogens with one attached hydrogen (secondary N) is 1. The Hall–Kier alpha value is -1.44. The maximum Gasteiger partial charge on any atom is 0.307 e. The fourth-order valence-corrected chi connectivity index (χ4v) is 4.24. The van der Waals surface area contributed by atoms with Crippen LogP contribution >= 0.6 is 0 Å². The Labute approximate surface area is 157 Å². The van der Waals surface area contributed by atoms with Crippen LogP contribution in [0.1, 0.15) is 38.7 Å². The van der Waals surface area contributed by atoms with Gasteiger partial charge in [0.1, 0.15) is 0 Å². The molecule has 0 saturated carbocycles. The van der Waals surface area contributed by atoms with Crippen LogP contribution in [0.5, 0.6) is 0 Å². The lowest BCUT2D eigenvalue weighted by Gasteiger charge is -2.32. The number of likely N-dealkylation sites (tertiary alicyclic amines) is 1. The van der Waals surface area contributed by atoms with Crippen LogP contribution in [0.15, 0.2) is 29.2 Å². The summed E-state index contributed by atoms with van der Waals surface area (Å²) in [6, 6.07) is 6.86. The first-order valence-corrected chi connectivity index (χ1v) is 10.7. The van der Waals surface area contributed by atoms with Gasteiger partial charge in [0.05, 0.1) is 17.4 Å². The lowest BCUT2D eigenvalue weighted by molar-refractivity contribution is -0.147. The molecule has 0 radical (unpaired) electrons. The fraction of sp³-hybridized carbons (Fsp3) is 0.632. The second-order valence-corrected chi connectivity index (χ2v) is 9.03. The van der Waals surface area contributed by atoms with Crippen molar-refractivity contribution in [1.29, 1.82) is 0 Å². The van der Waals surface area contributed by atoms with Crippen molar-refractivity contribution in [2.45, 2.75) is 51.0 Å². The van der Waals surface area contributed by atoms with E-state index >= 15 is 0 Å². The number of hydrogen-bond acceptors (Lipinski definition) is 5. The molecule has 0 aromatic heterocycles. The molecule has 7 heteroatoms. The molecule has 1 aliphatic rings. The highest BCUT2D eigenvalue weighted by molar-refractivity contribution is 7.89. The van der Waals surface area contributed by atoms with Crippen molar-refractivity contribution in [3.8, 4) is 0 Å². The smallest absolute Gasteiger partial charge is 0.307 e. The molecule has 1 aromatic rings. The van der Waals surface area contributed by atoms with E-state index in [9.17, 15) is 13.2 Å². The number of benzene rings is 1. The second-order valence-electron chi connectivity index (χ2n) is 7.26. The van der Waals surface area contributed by atoms with Crippen LogP contribution in [0.3, 0.4) is 0 Å². The number of rotatable bonds is 8. The van der Waals surface area contributed by atoms with Gasteiger partial charge in [0, 0.05) is 19.6 Å². The van der Waals surface area contributed by atoms with Crippen LogP contribution in [0.2, 0.25) is 0 Å². The Kier molecular flexibility index (Phi) is 7.61. The molecule has 0 spiro atoms. The van der Waals surface area contributed by atoms with Crippen LogP contribution in [0, 0.1) is 12.8 Å². The number of carbonyl (C=O) groups excluding carboxylic acids is 1. The first kappa shape index (κ1) is 20.9. The van der Waals surface area contributed by atoms with Gasteiger partial charge in [-0.3, -0.25) is 4.79 Å². The third-order valence-electron chi connectivity index (χ3n) is 4.50. The molecular formula is C19H30N2O4S. The predicted octanol–water partition coefficient (Wildman–Crippen LogP) is 2.33. The van der Waals surface area contributed by atoms with Crippen LogP contribution in [-0.2, 0) is 19.6 Å². The molecule has 1 saturated heterocycles. The molecule has 1 aromatic carbocycles. The van der Waals surface area contributed by atoms with E-state index < -0.39 is 10.0 Å². The predicted molar refractivity (Wildman–Crippen MR) is 101 cm³/mol. The molecule has 6 nitrogen and oxygen atoms in total. The van der Waals surface area contributed by atoms with Crippen molar-refractivity contribution in [1.82, 2.24) is 9.62 Å². The molecule has 1 N–H and O–H groups in total. The summed E-state index contributed by atoms with van der Waals surface area (Å²) in [5.41, 5.74) is 1.03. The zero-order valence-corrected chi connectivity index (χ0v) is 16.7. The molecule has 1 heterocycles. The van der Waals surface area contributed by atoms with Gasteiger partial charge in [-0.1, -0.05) is 17.7 Å². The van der Waals surface area contributed by atoms with E-state index in [2.05, 4.69) is 9.62 Å². The highest BCUT2D eigenvalue weighted by atomic mass is 32.2.